The van der Waals surface area contributed by atoms with Gasteiger partial charge in [-0.2, -0.15) is 5.10 Å². The molecular weight excluding hydrogens is 460 g/mol. The van der Waals surface area contributed by atoms with Crippen LogP contribution in [0.4, 0.5) is 0 Å². The highest BCUT2D eigenvalue weighted by Gasteiger charge is 2.31. The molecule has 0 amide bonds. The molecule has 3 aromatic heterocycles. The molecule has 0 saturated heterocycles. The van der Waals surface area contributed by atoms with Crippen molar-refractivity contribution in [3.63, 3.8) is 0 Å². The van der Waals surface area contributed by atoms with Gasteiger partial charge in [0.25, 0.3) is 0 Å². The maximum absolute atomic E-state index is 4.84. The first-order chi connectivity index (χ1) is 17.4. The van der Waals surface area contributed by atoms with Gasteiger partial charge in [-0.15, -0.1) is 5.10 Å². The molecule has 0 saturated carbocycles. The summed E-state index contributed by atoms with van der Waals surface area (Å²) in [6.07, 6.45) is 3.22. The zero-order chi connectivity index (χ0) is 27.0. The lowest BCUT2D eigenvalue weighted by Gasteiger charge is -2.23. The standard InChI is InChI=1S/C29H42N8/c1-10-11-12-24-30-26(19(2)3)33-36(24)18-20-13-15-21(16-14-20)37-23(29(7,8)9)17-22(28(4,5)6)25(37)27-31-34-35-32-27/h13-17,19H,10-12,18H2,1-9H3,(H,31,32,34,35). The molecule has 4 aromatic rings. The lowest BCUT2D eigenvalue weighted by molar-refractivity contribution is 0.556. The van der Waals surface area contributed by atoms with Crippen LogP contribution in [0.1, 0.15) is 110 Å². The highest BCUT2D eigenvalue weighted by atomic mass is 15.5. The minimum absolute atomic E-state index is 0.0769. The summed E-state index contributed by atoms with van der Waals surface area (Å²) in [5.41, 5.74) is 5.57. The van der Waals surface area contributed by atoms with Gasteiger partial charge in [-0.3, -0.25) is 0 Å². The second kappa shape index (κ2) is 10.2. The SMILES string of the molecule is CCCCc1nc(C(C)C)nn1Cc1ccc(-n2c(C(C)(C)C)cc(C(C)(C)C)c2-c2nnn[nH]2)cc1. The van der Waals surface area contributed by atoms with Crippen molar-refractivity contribution >= 4 is 0 Å². The zero-order valence-corrected chi connectivity index (χ0v) is 23.9. The van der Waals surface area contributed by atoms with Gasteiger partial charge in [0.15, 0.2) is 11.6 Å². The molecule has 0 aliphatic carbocycles. The first-order valence-electron chi connectivity index (χ1n) is 13.4. The molecule has 4 rings (SSSR count). The molecule has 37 heavy (non-hydrogen) atoms. The third-order valence-electron chi connectivity index (χ3n) is 6.71. The summed E-state index contributed by atoms with van der Waals surface area (Å²) in [5, 5.41) is 19.9. The topological polar surface area (TPSA) is 90.1 Å². The van der Waals surface area contributed by atoms with Crippen molar-refractivity contribution in [3.8, 4) is 17.2 Å². The second-order valence-electron chi connectivity index (χ2n) is 12.3. The molecule has 8 nitrogen and oxygen atoms in total. The normalized spacial score (nSPS) is 12.6. The van der Waals surface area contributed by atoms with E-state index in [0.717, 1.165) is 42.3 Å². The quantitative estimate of drug-likeness (QED) is 0.303. The Morgan fingerprint density at radius 1 is 0.973 bits per heavy atom. The number of hydrogen-bond donors (Lipinski definition) is 1. The number of nitrogens with one attached hydrogen (secondary N) is 1. The fraction of sp³-hybridized carbons (Fsp3) is 0.552. The molecule has 0 bridgehead atoms. The van der Waals surface area contributed by atoms with Crippen LogP contribution in [0.15, 0.2) is 30.3 Å². The molecule has 3 heterocycles. The van der Waals surface area contributed by atoms with Gasteiger partial charge < -0.3 is 4.57 Å². The fourth-order valence-corrected chi connectivity index (χ4v) is 4.60. The van der Waals surface area contributed by atoms with Crippen LogP contribution in [0.25, 0.3) is 17.2 Å². The molecule has 198 valence electrons. The average molecular weight is 503 g/mol. The van der Waals surface area contributed by atoms with E-state index in [1.807, 2.05) is 0 Å². The van der Waals surface area contributed by atoms with E-state index in [9.17, 15) is 0 Å². The Hall–Kier alpha value is -3.29. The van der Waals surface area contributed by atoms with E-state index in [2.05, 4.69) is 123 Å². The van der Waals surface area contributed by atoms with Crippen molar-refractivity contribution in [2.24, 2.45) is 0 Å². The molecular formula is C29H42N8. The van der Waals surface area contributed by atoms with Crippen LogP contribution >= 0.6 is 0 Å². The van der Waals surface area contributed by atoms with E-state index in [4.69, 9.17) is 10.1 Å². The summed E-state index contributed by atoms with van der Waals surface area (Å²) < 4.78 is 4.39. The lowest BCUT2D eigenvalue weighted by Crippen LogP contribution is -2.17. The van der Waals surface area contributed by atoms with E-state index in [1.54, 1.807) is 0 Å². The van der Waals surface area contributed by atoms with Crippen molar-refractivity contribution < 1.29 is 0 Å². The Morgan fingerprint density at radius 2 is 1.68 bits per heavy atom. The zero-order valence-electron chi connectivity index (χ0n) is 23.9. The minimum atomic E-state index is -0.0799. The number of rotatable bonds is 8. The molecule has 1 aromatic carbocycles. The van der Waals surface area contributed by atoms with Gasteiger partial charge in [0.1, 0.15) is 5.82 Å². The van der Waals surface area contributed by atoms with Gasteiger partial charge in [0.2, 0.25) is 0 Å². The predicted molar refractivity (Wildman–Crippen MR) is 148 cm³/mol. The number of aromatic nitrogens is 8. The van der Waals surface area contributed by atoms with Crippen molar-refractivity contribution in [1.82, 2.24) is 40.0 Å². The summed E-state index contributed by atoms with van der Waals surface area (Å²) in [4.78, 5) is 4.84. The molecule has 0 atom stereocenters. The highest BCUT2D eigenvalue weighted by Crippen LogP contribution is 2.40. The number of hydrogen-bond acceptors (Lipinski definition) is 5. The number of aromatic amines is 1. The van der Waals surface area contributed by atoms with Crippen molar-refractivity contribution in [2.45, 2.75) is 105 Å². The highest BCUT2D eigenvalue weighted by molar-refractivity contribution is 5.64. The maximum Gasteiger partial charge on any atom is 0.196 e. The van der Waals surface area contributed by atoms with Crippen LogP contribution in [0, 0.1) is 0 Å². The first kappa shape index (κ1) is 26.8. The van der Waals surface area contributed by atoms with Crippen LogP contribution in [-0.4, -0.2) is 40.0 Å². The molecule has 8 heteroatoms. The summed E-state index contributed by atoms with van der Waals surface area (Å²) in [6.45, 7) is 20.7. The van der Waals surface area contributed by atoms with Gasteiger partial charge in [-0.1, -0.05) is 80.9 Å². The molecule has 0 spiro atoms. The van der Waals surface area contributed by atoms with Crippen LogP contribution in [0.5, 0.6) is 0 Å². The number of tetrazole rings is 1. The third kappa shape index (κ3) is 5.68. The number of nitrogens with zero attached hydrogens (tertiary/aromatic N) is 7. The van der Waals surface area contributed by atoms with Gasteiger partial charge in [0.05, 0.1) is 12.2 Å². The Morgan fingerprint density at radius 3 is 2.22 bits per heavy atom. The van der Waals surface area contributed by atoms with Crippen LogP contribution in [-0.2, 0) is 23.8 Å². The van der Waals surface area contributed by atoms with Gasteiger partial charge >= 0.3 is 0 Å². The number of unbranched alkanes of at least 4 members (excludes halogenated alkanes) is 1. The molecule has 0 aliphatic rings. The van der Waals surface area contributed by atoms with Crippen molar-refractivity contribution in [3.05, 3.63) is 58.8 Å². The maximum atomic E-state index is 4.84. The number of H-pyrrole nitrogens is 1. The van der Waals surface area contributed by atoms with E-state index < -0.39 is 0 Å². The van der Waals surface area contributed by atoms with Crippen molar-refractivity contribution in [1.29, 1.82) is 0 Å². The summed E-state index contributed by atoms with van der Waals surface area (Å²) >= 11 is 0. The van der Waals surface area contributed by atoms with Gasteiger partial charge in [0, 0.05) is 29.1 Å². The van der Waals surface area contributed by atoms with Crippen LogP contribution < -0.4 is 0 Å². The minimum Gasteiger partial charge on any atom is -0.310 e. The predicted octanol–water partition coefficient (Wildman–Crippen LogP) is 6.36. The smallest absolute Gasteiger partial charge is 0.196 e. The summed E-state index contributed by atoms with van der Waals surface area (Å²) in [5.74, 6) is 2.98. The van der Waals surface area contributed by atoms with E-state index in [-0.39, 0.29) is 10.8 Å². The monoisotopic (exact) mass is 502 g/mol. The summed E-state index contributed by atoms with van der Waals surface area (Å²) in [6, 6.07) is 11.1. The molecule has 0 aliphatic heterocycles. The second-order valence-corrected chi connectivity index (χ2v) is 12.3. The van der Waals surface area contributed by atoms with E-state index in [0.29, 0.717) is 18.3 Å². The van der Waals surface area contributed by atoms with E-state index in [1.165, 1.54) is 16.8 Å². The molecule has 0 fully saturated rings. The Balaban J connectivity index is 1.77. The number of benzene rings is 1. The molecule has 1 N–H and O–H groups in total. The molecule has 0 unspecified atom stereocenters. The molecule has 0 radical (unpaired) electrons. The number of aryl methyl sites for hydroxylation is 1. The average Bonchev–Trinajstić information content (AvgIpc) is 3.55. The third-order valence-corrected chi connectivity index (χ3v) is 6.71. The summed E-state index contributed by atoms with van der Waals surface area (Å²) in [7, 11) is 0. The fourth-order valence-electron chi connectivity index (χ4n) is 4.60. The Kier molecular flexibility index (Phi) is 7.40. The van der Waals surface area contributed by atoms with Gasteiger partial charge in [-0.25, -0.2) is 14.8 Å². The van der Waals surface area contributed by atoms with Crippen molar-refractivity contribution in [2.75, 3.05) is 0 Å². The first-order valence-corrected chi connectivity index (χ1v) is 13.4. The Labute approximate surface area is 220 Å². The van der Waals surface area contributed by atoms with E-state index >= 15 is 0 Å². The Bertz CT molecular complexity index is 1310. The largest absolute Gasteiger partial charge is 0.310 e. The van der Waals surface area contributed by atoms with Crippen LogP contribution in [0.3, 0.4) is 0 Å². The van der Waals surface area contributed by atoms with Gasteiger partial charge in [-0.05, 0) is 51.6 Å². The lowest BCUT2D eigenvalue weighted by atomic mass is 9.85. The van der Waals surface area contributed by atoms with Crippen LogP contribution in [0.2, 0.25) is 0 Å².